The van der Waals surface area contributed by atoms with Crippen molar-refractivity contribution >= 4 is 22.7 Å². The van der Waals surface area contributed by atoms with E-state index in [9.17, 15) is 0 Å². The van der Waals surface area contributed by atoms with E-state index in [0.717, 1.165) is 6.54 Å². The molecule has 0 aromatic carbocycles. The summed E-state index contributed by atoms with van der Waals surface area (Å²) in [6.07, 6.45) is 2.50. The Bertz CT molecular complexity index is 481. The Kier molecular flexibility index (Phi) is 2.79. The molecule has 3 rings (SSSR count). The first-order valence-electron chi connectivity index (χ1n) is 5.56. The van der Waals surface area contributed by atoms with Crippen LogP contribution in [0.3, 0.4) is 0 Å². The molecule has 1 aliphatic rings. The van der Waals surface area contributed by atoms with Gasteiger partial charge in [0.15, 0.2) is 0 Å². The summed E-state index contributed by atoms with van der Waals surface area (Å²) in [6, 6.07) is 0.490. The number of nitrogens with zero attached hydrogens (tertiary/aromatic N) is 1. The zero-order chi connectivity index (χ0) is 11.0. The fraction of sp³-hybridized carbons (Fsp3) is 0.417. The Morgan fingerprint density at radius 3 is 3.00 bits per heavy atom. The van der Waals surface area contributed by atoms with E-state index >= 15 is 0 Å². The van der Waals surface area contributed by atoms with E-state index < -0.39 is 0 Å². The zero-order valence-electron chi connectivity index (χ0n) is 9.19. The molecule has 1 atom stereocenters. The van der Waals surface area contributed by atoms with Gasteiger partial charge in [0.05, 0.1) is 11.7 Å². The highest BCUT2D eigenvalue weighted by molar-refractivity contribution is 7.14. The predicted octanol–water partition coefficient (Wildman–Crippen LogP) is 3.60. The zero-order valence-corrected chi connectivity index (χ0v) is 10.8. The summed E-state index contributed by atoms with van der Waals surface area (Å²) in [7, 11) is 0. The molecule has 0 unspecified atom stereocenters. The van der Waals surface area contributed by atoms with E-state index in [1.807, 2.05) is 0 Å². The van der Waals surface area contributed by atoms with Gasteiger partial charge in [0.1, 0.15) is 5.01 Å². The standard InChI is InChI=1S/C12H14N2S2/c1-8-5-15-6-9(8)12-14-11(7-16-12)10-3-2-4-13-10/h5-7,10,13H,2-4H2,1H3/t10-/m0/s1. The van der Waals surface area contributed by atoms with Crippen molar-refractivity contribution in [1.82, 2.24) is 10.3 Å². The lowest BCUT2D eigenvalue weighted by atomic mass is 10.2. The first-order valence-corrected chi connectivity index (χ1v) is 7.39. The van der Waals surface area contributed by atoms with Gasteiger partial charge < -0.3 is 5.32 Å². The molecule has 0 spiro atoms. The Morgan fingerprint density at radius 1 is 1.38 bits per heavy atom. The molecule has 84 valence electrons. The summed E-state index contributed by atoms with van der Waals surface area (Å²) >= 11 is 3.52. The second kappa shape index (κ2) is 4.28. The van der Waals surface area contributed by atoms with Gasteiger partial charge in [0, 0.05) is 16.3 Å². The lowest BCUT2D eigenvalue weighted by Crippen LogP contribution is -2.12. The number of aromatic nitrogens is 1. The molecular weight excluding hydrogens is 236 g/mol. The van der Waals surface area contributed by atoms with Crippen LogP contribution in [-0.2, 0) is 0 Å². The average molecular weight is 250 g/mol. The van der Waals surface area contributed by atoms with E-state index in [2.05, 4.69) is 28.4 Å². The highest BCUT2D eigenvalue weighted by Crippen LogP contribution is 2.32. The number of rotatable bonds is 2. The molecule has 3 heterocycles. The SMILES string of the molecule is Cc1cscc1-c1nc([C@@H]2CCCN2)cs1. The highest BCUT2D eigenvalue weighted by atomic mass is 32.1. The maximum absolute atomic E-state index is 4.76. The van der Waals surface area contributed by atoms with Crippen LogP contribution in [0, 0.1) is 6.92 Å². The third kappa shape index (κ3) is 1.81. The summed E-state index contributed by atoms with van der Waals surface area (Å²) < 4.78 is 0. The van der Waals surface area contributed by atoms with Crippen molar-refractivity contribution in [2.45, 2.75) is 25.8 Å². The molecule has 4 heteroatoms. The number of aryl methyl sites for hydroxylation is 1. The molecule has 1 fully saturated rings. The molecule has 0 radical (unpaired) electrons. The van der Waals surface area contributed by atoms with Crippen LogP contribution in [0.15, 0.2) is 16.1 Å². The Morgan fingerprint density at radius 2 is 2.31 bits per heavy atom. The fourth-order valence-corrected chi connectivity index (χ4v) is 3.95. The molecule has 1 N–H and O–H groups in total. The Hall–Kier alpha value is -0.710. The molecule has 0 aliphatic carbocycles. The van der Waals surface area contributed by atoms with Crippen molar-refractivity contribution < 1.29 is 0 Å². The van der Waals surface area contributed by atoms with E-state index in [-0.39, 0.29) is 0 Å². The van der Waals surface area contributed by atoms with Gasteiger partial charge in [-0.15, -0.1) is 11.3 Å². The number of thiazole rings is 1. The molecule has 0 saturated carbocycles. The minimum atomic E-state index is 0.490. The summed E-state index contributed by atoms with van der Waals surface area (Å²) in [5, 5.41) is 11.2. The van der Waals surface area contributed by atoms with E-state index in [0.29, 0.717) is 6.04 Å². The normalized spacial score (nSPS) is 20.4. The van der Waals surface area contributed by atoms with E-state index in [1.165, 1.54) is 34.7 Å². The molecule has 0 bridgehead atoms. The molecular formula is C12H14N2S2. The van der Waals surface area contributed by atoms with Crippen LogP contribution < -0.4 is 5.32 Å². The molecule has 1 saturated heterocycles. The van der Waals surface area contributed by atoms with Crippen molar-refractivity contribution in [2.75, 3.05) is 6.54 Å². The number of thiophene rings is 1. The minimum absolute atomic E-state index is 0.490. The summed E-state index contributed by atoms with van der Waals surface area (Å²) in [5.41, 5.74) is 3.87. The van der Waals surface area contributed by atoms with E-state index in [4.69, 9.17) is 4.98 Å². The van der Waals surface area contributed by atoms with Crippen LogP contribution in [0.5, 0.6) is 0 Å². The highest BCUT2D eigenvalue weighted by Gasteiger charge is 2.19. The van der Waals surface area contributed by atoms with Gasteiger partial charge in [-0.1, -0.05) is 0 Å². The minimum Gasteiger partial charge on any atom is -0.309 e. The molecule has 0 amide bonds. The number of hydrogen-bond acceptors (Lipinski definition) is 4. The maximum Gasteiger partial charge on any atom is 0.124 e. The van der Waals surface area contributed by atoms with Gasteiger partial charge in [-0.25, -0.2) is 4.98 Å². The van der Waals surface area contributed by atoms with Gasteiger partial charge >= 0.3 is 0 Å². The topological polar surface area (TPSA) is 24.9 Å². The first kappa shape index (κ1) is 10.4. The van der Waals surface area contributed by atoms with Crippen molar-refractivity contribution in [3.8, 4) is 10.6 Å². The van der Waals surface area contributed by atoms with Crippen LogP contribution in [0.1, 0.15) is 30.1 Å². The van der Waals surface area contributed by atoms with Gasteiger partial charge in [0.25, 0.3) is 0 Å². The van der Waals surface area contributed by atoms with Crippen molar-refractivity contribution in [3.05, 3.63) is 27.4 Å². The molecule has 16 heavy (non-hydrogen) atoms. The Balaban J connectivity index is 1.90. The van der Waals surface area contributed by atoms with Crippen molar-refractivity contribution in [3.63, 3.8) is 0 Å². The smallest absolute Gasteiger partial charge is 0.124 e. The Labute approximate surface area is 103 Å². The first-order chi connectivity index (χ1) is 7.84. The summed E-state index contributed by atoms with van der Waals surface area (Å²) in [4.78, 5) is 4.76. The molecule has 1 aliphatic heterocycles. The van der Waals surface area contributed by atoms with Gasteiger partial charge in [-0.3, -0.25) is 0 Å². The van der Waals surface area contributed by atoms with Crippen LogP contribution >= 0.6 is 22.7 Å². The molecule has 2 aromatic heterocycles. The van der Waals surface area contributed by atoms with Gasteiger partial charge in [-0.2, -0.15) is 11.3 Å². The van der Waals surface area contributed by atoms with Crippen molar-refractivity contribution in [2.24, 2.45) is 0 Å². The van der Waals surface area contributed by atoms with Crippen LogP contribution in [0.4, 0.5) is 0 Å². The quantitative estimate of drug-likeness (QED) is 0.881. The third-order valence-corrected chi connectivity index (χ3v) is 4.78. The summed E-state index contributed by atoms with van der Waals surface area (Å²) in [5.74, 6) is 0. The van der Waals surface area contributed by atoms with Gasteiger partial charge in [0.2, 0.25) is 0 Å². The second-order valence-electron chi connectivity index (χ2n) is 4.19. The fourth-order valence-electron chi connectivity index (χ4n) is 2.09. The number of hydrogen-bond donors (Lipinski definition) is 1. The largest absolute Gasteiger partial charge is 0.309 e. The molecule has 2 nitrogen and oxygen atoms in total. The predicted molar refractivity (Wildman–Crippen MR) is 70.1 cm³/mol. The maximum atomic E-state index is 4.76. The summed E-state index contributed by atoms with van der Waals surface area (Å²) in [6.45, 7) is 3.29. The van der Waals surface area contributed by atoms with Crippen LogP contribution in [-0.4, -0.2) is 11.5 Å². The van der Waals surface area contributed by atoms with Crippen molar-refractivity contribution in [1.29, 1.82) is 0 Å². The number of nitrogens with one attached hydrogen (secondary N) is 1. The van der Waals surface area contributed by atoms with Crippen LogP contribution in [0.25, 0.3) is 10.6 Å². The van der Waals surface area contributed by atoms with Crippen LogP contribution in [0.2, 0.25) is 0 Å². The average Bonchev–Trinajstić information content (AvgIpc) is 2.96. The van der Waals surface area contributed by atoms with Gasteiger partial charge in [-0.05, 0) is 37.3 Å². The lowest BCUT2D eigenvalue weighted by Gasteiger charge is -2.04. The second-order valence-corrected chi connectivity index (χ2v) is 5.80. The lowest BCUT2D eigenvalue weighted by molar-refractivity contribution is 0.632. The monoisotopic (exact) mass is 250 g/mol. The molecule has 2 aromatic rings. The van der Waals surface area contributed by atoms with E-state index in [1.54, 1.807) is 22.7 Å². The third-order valence-electron chi connectivity index (χ3n) is 3.03.